The third-order valence-electron chi connectivity index (χ3n) is 7.12. The lowest BCUT2D eigenvalue weighted by atomic mass is 9.97. The Balaban J connectivity index is 2.00. The highest BCUT2D eigenvalue weighted by Crippen LogP contribution is 2.35. The summed E-state index contributed by atoms with van der Waals surface area (Å²) in [5.74, 6) is -0.447. The lowest BCUT2D eigenvalue weighted by Crippen LogP contribution is -2.44. The second-order valence-corrected chi connectivity index (χ2v) is 12.5. The second-order valence-electron chi connectivity index (χ2n) is 11.5. The average Bonchev–Trinajstić information content (AvgIpc) is 3.60. The summed E-state index contributed by atoms with van der Waals surface area (Å²) in [5, 5.41) is 18.8. The Kier molecular flexibility index (Phi) is 9.32. The van der Waals surface area contributed by atoms with Gasteiger partial charge in [0.1, 0.15) is 27.5 Å². The normalized spacial score (nSPS) is 13.3. The monoisotopic (exact) mass is 610 g/mol. The van der Waals surface area contributed by atoms with Gasteiger partial charge in [0.2, 0.25) is 0 Å². The van der Waals surface area contributed by atoms with Crippen LogP contribution in [-0.4, -0.2) is 43.6 Å². The SMILES string of the molecule is COc1ccc(F)cc1[C@H](Cn1c(=O)n([C@@H](C)C(=O)CC(C)C)c(=O)c2c(C)c(-n3nccn3)sc21)OCC(C)(C)C#N. The van der Waals surface area contributed by atoms with Gasteiger partial charge in [-0.15, -0.1) is 4.80 Å². The number of halogens is 1. The molecule has 0 N–H and O–H groups in total. The maximum atomic E-state index is 14.6. The predicted octanol–water partition coefficient (Wildman–Crippen LogP) is 4.75. The first-order valence-corrected chi connectivity index (χ1v) is 14.6. The zero-order chi connectivity index (χ0) is 31.6. The molecule has 0 radical (unpaired) electrons. The van der Waals surface area contributed by atoms with Crippen LogP contribution in [0.25, 0.3) is 15.2 Å². The lowest BCUT2D eigenvalue weighted by molar-refractivity contribution is -0.122. The molecule has 0 aliphatic heterocycles. The fraction of sp³-hybridized carbons (Fsp3) is 0.467. The highest BCUT2D eigenvalue weighted by molar-refractivity contribution is 7.21. The molecule has 4 aromatic rings. The van der Waals surface area contributed by atoms with Gasteiger partial charge in [0.05, 0.1) is 55.6 Å². The number of benzene rings is 1. The molecule has 2 atom stereocenters. The number of hydrogen-bond acceptors (Lipinski definition) is 9. The van der Waals surface area contributed by atoms with Crippen LogP contribution in [0.2, 0.25) is 0 Å². The predicted molar refractivity (Wildman–Crippen MR) is 160 cm³/mol. The van der Waals surface area contributed by atoms with Gasteiger partial charge in [-0.3, -0.25) is 14.2 Å². The Morgan fingerprint density at radius 3 is 2.47 bits per heavy atom. The molecular formula is C30H35FN6O5S. The Morgan fingerprint density at radius 2 is 1.86 bits per heavy atom. The number of methoxy groups -OCH3 is 1. The number of hydrogen-bond donors (Lipinski definition) is 0. The zero-order valence-electron chi connectivity index (χ0n) is 25.3. The number of nitrogens with zero attached hydrogens (tertiary/aromatic N) is 6. The Labute approximate surface area is 252 Å². The number of nitriles is 1. The van der Waals surface area contributed by atoms with Gasteiger partial charge in [0.15, 0.2) is 5.78 Å². The number of carbonyl (C=O) groups is 1. The van der Waals surface area contributed by atoms with Crippen LogP contribution in [0.3, 0.4) is 0 Å². The van der Waals surface area contributed by atoms with Crippen molar-refractivity contribution < 1.29 is 18.7 Å². The lowest BCUT2D eigenvalue weighted by Gasteiger charge is -2.26. The fourth-order valence-electron chi connectivity index (χ4n) is 4.79. The third-order valence-corrected chi connectivity index (χ3v) is 8.40. The number of ether oxygens (including phenoxy) is 2. The van der Waals surface area contributed by atoms with Crippen molar-refractivity contribution >= 4 is 27.3 Å². The molecule has 228 valence electrons. The van der Waals surface area contributed by atoms with Gasteiger partial charge in [-0.25, -0.2) is 13.8 Å². The molecule has 0 spiro atoms. The van der Waals surface area contributed by atoms with Gasteiger partial charge >= 0.3 is 5.69 Å². The number of thiophene rings is 1. The molecule has 0 saturated heterocycles. The van der Waals surface area contributed by atoms with Crippen LogP contribution >= 0.6 is 11.3 Å². The van der Waals surface area contributed by atoms with Gasteiger partial charge in [-0.1, -0.05) is 25.2 Å². The Hall–Kier alpha value is -4.15. The number of fused-ring (bicyclic) bond motifs is 1. The molecule has 43 heavy (non-hydrogen) atoms. The van der Waals surface area contributed by atoms with E-state index in [0.29, 0.717) is 26.7 Å². The summed E-state index contributed by atoms with van der Waals surface area (Å²) < 4.78 is 28.6. The van der Waals surface area contributed by atoms with Crippen LogP contribution < -0.4 is 16.0 Å². The molecule has 11 nitrogen and oxygen atoms in total. The summed E-state index contributed by atoms with van der Waals surface area (Å²) in [4.78, 5) is 43.0. The number of ketones is 1. The maximum Gasteiger partial charge on any atom is 0.332 e. The minimum absolute atomic E-state index is 0.0266. The van der Waals surface area contributed by atoms with Crippen LogP contribution in [-0.2, 0) is 16.1 Å². The smallest absolute Gasteiger partial charge is 0.332 e. The van der Waals surface area contributed by atoms with Crippen molar-refractivity contribution in [3.63, 3.8) is 0 Å². The van der Waals surface area contributed by atoms with E-state index in [0.717, 1.165) is 15.9 Å². The topological polar surface area (TPSA) is 134 Å². The first-order chi connectivity index (χ1) is 20.3. The molecule has 0 aliphatic rings. The number of aryl methyl sites for hydroxylation is 1. The molecule has 4 rings (SSSR count). The van der Waals surface area contributed by atoms with E-state index in [2.05, 4.69) is 16.3 Å². The van der Waals surface area contributed by atoms with Crippen molar-refractivity contribution in [2.45, 2.75) is 66.7 Å². The summed E-state index contributed by atoms with van der Waals surface area (Å²) in [5.41, 5.74) is -1.35. The van der Waals surface area contributed by atoms with Crippen molar-refractivity contribution in [3.05, 3.63) is 68.4 Å². The van der Waals surface area contributed by atoms with Gasteiger partial charge in [0, 0.05) is 17.5 Å². The van der Waals surface area contributed by atoms with Crippen molar-refractivity contribution in [2.24, 2.45) is 11.3 Å². The van der Waals surface area contributed by atoms with Gasteiger partial charge in [0.25, 0.3) is 5.56 Å². The molecule has 13 heteroatoms. The van der Waals surface area contributed by atoms with Crippen molar-refractivity contribution in [1.82, 2.24) is 24.1 Å². The van der Waals surface area contributed by atoms with E-state index in [4.69, 9.17) is 9.47 Å². The standard InChI is InChI=1S/C30H35FN6O5S/c1-17(2)12-22(38)19(4)36-26(39)25-18(3)27(37-33-10-11-34-37)43-28(25)35(29(36)40)14-24(42-16-30(5,6)15-32)21-13-20(31)8-9-23(21)41-7/h8-11,13,17,19,24H,12,14,16H2,1-7H3/t19-,24-/m0/s1. The van der Waals surface area contributed by atoms with E-state index >= 15 is 0 Å². The molecule has 0 unspecified atom stereocenters. The molecule has 0 aliphatic carbocycles. The molecule has 0 fully saturated rings. The molecule has 0 saturated carbocycles. The van der Waals surface area contributed by atoms with E-state index in [1.165, 1.54) is 47.1 Å². The van der Waals surface area contributed by atoms with Crippen molar-refractivity contribution in [1.29, 1.82) is 5.26 Å². The van der Waals surface area contributed by atoms with Crippen LogP contribution in [0.15, 0.2) is 40.2 Å². The van der Waals surface area contributed by atoms with Crippen LogP contribution in [0.5, 0.6) is 5.75 Å². The molecule has 0 amide bonds. The maximum absolute atomic E-state index is 14.6. The third kappa shape index (κ3) is 6.45. The summed E-state index contributed by atoms with van der Waals surface area (Å²) >= 11 is 1.14. The molecule has 3 aromatic heterocycles. The van der Waals surface area contributed by atoms with Crippen LogP contribution in [0.4, 0.5) is 4.39 Å². The summed E-state index contributed by atoms with van der Waals surface area (Å²) in [6.45, 7) is 10.2. The highest BCUT2D eigenvalue weighted by Gasteiger charge is 2.30. The molecule has 3 heterocycles. The van der Waals surface area contributed by atoms with Crippen LogP contribution in [0, 0.1) is 35.4 Å². The molecular weight excluding hydrogens is 575 g/mol. The van der Waals surface area contributed by atoms with E-state index < -0.39 is 34.6 Å². The average molecular weight is 611 g/mol. The molecule has 0 bridgehead atoms. The van der Waals surface area contributed by atoms with Gasteiger partial charge in [-0.05, 0) is 51.8 Å². The first-order valence-electron chi connectivity index (χ1n) is 13.8. The van der Waals surface area contributed by atoms with E-state index in [1.807, 2.05) is 13.8 Å². The van der Waals surface area contributed by atoms with E-state index in [9.17, 15) is 24.0 Å². The Bertz CT molecular complexity index is 1800. The molecule has 1 aromatic carbocycles. The summed E-state index contributed by atoms with van der Waals surface area (Å²) in [7, 11) is 1.44. The summed E-state index contributed by atoms with van der Waals surface area (Å²) in [6.07, 6.45) is 2.21. The van der Waals surface area contributed by atoms with E-state index in [1.54, 1.807) is 27.7 Å². The first kappa shape index (κ1) is 31.8. The zero-order valence-corrected chi connectivity index (χ0v) is 26.1. The minimum Gasteiger partial charge on any atom is -0.496 e. The number of aromatic nitrogens is 5. The van der Waals surface area contributed by atoms with Crippen molar-refractivity contribution in [3.8, 4) is 16.8 Å². The van der Waals surface area contributed by atoms with Crippen molar-refractivity contribution in [2.75, 3.05) is 13.7 Å². The largest absolute Gasteiger partial charge is 0.496 e. The van der Waals surface area contributed by atoms with E-state index in [-0.39, 0.29) is 36.7 Å². The quantitative estimate of drug-likeness (QED) is 0.224. The van der Waals surface area contributed by atoms with Gasteiger partial charge in [-0.2, -0.15) is 15.5 Å². The number of rotatable bonds is 12. The second kappa shape index (κ2) is 12.6. The number of carbonyl (C=O) groups excluding carboxylic acids is 1. The van der Waals surface area contributed by atoms with Gasteiger partial charge < -0.3 is 9.47 Å². The minimum atomic E-state index is -1.04. The number of Topliss-reactive ketones (excluding diaryl/α,β-unsaturated/α-hetero) is 1. The highest BCUT2D eigenvalue weighted by atomic mass is 32.1. The summed E-state index contributed by atoms with van der Waals surface area (Å²) in [6, 6.07) is 5.11. The van der Waals surface area contributed by atoms with Crippen LogP contribution in [0.1, 0.15) is 64.3 Å². The fourth-order valence-corrected chi connectivity index (χ4v) is 6.01. The Morgan fingerprint density at radius 1 is 1.19 bits per heavy atom.